The van der Waals surface area contributed by atoms with E-state index in [2.05, 4.69) is 25.9 Å². The summed E-state index contributed by atoms with van der Waals surface area (Å²) in [7, 11) is 0. The fourth-order valence-corrected chi connectivity index (χ4v) is 3.33. The Labute approximate surface area is 134 Å². The van der Waals surface area contributed by atoms with Gasteiger partial charge in [0.2, 0.25) is 5.95 Å². The van der Waals surface area contributed by atoms with Crippen LogP contribution in [0, 0.1) is 0 Å². The van der Waals surface area contributed by atoms with Crippen LogP contribution >= 0.6 is 0 Å². The Morgan fingerprint density at radius 1 is 1.09 bits per heavy atom. The van der Waals surface area contributed by atoms with E-state index in [1.54, 1.807) is 18.3 Å². The van der Waals surface area contributed by atoms with E-state index in [1.807, 2.05) is 24.3 Å². The van der Waals surface area contributed by atoms with Crippen LogP contribution in [-0.4, -0.2) is 20.4 Å². The predicted octanol–water partition coefficient (Wildman–Crippen LogP) is 3.80. The van der Waals surface area contributed by atoms with Crippen LogP contribution in [-0.2, 0) is 0 Å². The normalized spacial score (nSPS) is 15.1. The van der Waals surface area contributed by atoms with Crippen LogP contribution in [0.5, 0.6) is 0 Å². The molecule has 2 heterocycles. The number of nitrogens with zero attached hydrogens (tertiary/aromatic N) is 3. The number of pyridine rings is 1. The van der Waals surface area contributed by atoms with E-state index in [-0.39, 0.29) is 5.91 Å². The quantitative estimate of drug-likeness (QED) is 0.800. The van der Waals surface area contributed by atoms with E-state index in [4.69, 9.17) is 0 Å². The third-order valence-corrected chi connectivity index (χ3v) is 4.41. The standard InChI is InChI=1S/C18H18N4O/c23-17(15-10-5-6-12-19-15)21-18-20-14-9-3-4-11-16(14)22(18)13-7-1-2-8-13/h3-6,9-13H,1-2,7-8H2,(H,20,21,23). The van der Waals surface area contributed by atoms with Gasteiger partial charge in [0.25, 0.3) is 5.91 Å². The third-order valence-electron chi connectivity index (χ3n) is 4.41. The molecule has 1 aromatic carbocycles. The number of fused-ring (bicyclic) bond motifs is 1. The SMILES string of the molecule is O=C(Nc1nc2ccccc2n1C1CCCC1)c1ccccn1. The summed E-state index contributed by atoms with van der Waals surface area (Å²) >= 11 is 0. The van der Waals surface area contributed by atoms with Crippen molar-refractivity contribution in [3.05, 3.63) is 54.4 Å². The lowest BCUT2D eigenvalue weighted by Crippen LogP contribution is -2.18. The van der Waals surface area contributed by atoms with Crippen molar-refractivity contribution in [2.24, 2.45) is 0 Å². The van der Waals surface area contributed by atoms with Crippen molar-refractivity contribution in [2.45, 2.75) is 31.7 Å². The average Bonchev–Trinajstić information content (AvgIpc) is 3.22. The van der Waals surface area contributed by atoms with Crippen LogP contribution in [0.15, 0.2) is 48.7 Å². The lowest BCUT2D eigenvalue weighted by Gasteiger charge is -2.16. The van der Waals surface area contributed by atoms with E-state index in [9.17, 15) is 4.79 Å². The molecule has 0 unspecified atom stereocenters. The highest BCUT2D eigenvalue weighted by atomic mass is 16.2. The number of carbonyl (C=O) groups is 1. The largest absolute Gasteiger partial charge is 0.307 e. The number of nitrogens with one attached hydrogen (secondary N) is 1. The lowest BCUT2D eigenvalue weighted by atomic mass is 10.2. The Morgan fingerprint density at radius 2 is 1.87 bits per heavy atom. The molecule has 1 amide bonds. The fourth-order valence-electron chi connectivity index (χ4n) is 3.33. The molecule has 0 bridgehead atoms. The number of benzene rings is 1. The topological polar surface area (TPSA) is 59.8 Å². The van der Waals surface area contributed by atoms with Gasteiger partial charge in [0.1, 0.15) is 5.69 Å². The Balaban J connectivity index is 1.74. The van der Waals surface area contributed by atoms with Crippen molar-refractivity contribution in [3.8, 4) is 0 Å². The summed E-state index contributed by atoms with van der Waals surface area (Å²) in [6.07, 6.45) is 6.34. The van der Waals surface area contributed by atoms with Gasteiger partial charge in [0.05, 0.1) is 11.0 Å². The predicted molar refractivity (Wildman–Crippen MR) is 89.4 cm³/mol. The van der Waals surface area contributed by atoms with Crippen LogP contribution in [0.2, 0.25) is 0 Å². The van der Waals surface area contributed by atoms with Crippen LogP contribution in [0.4, 0.5) is 5.95 Å². The first-order valence-corrected chi connectivity index (χ1v) is 8.02. The van der Waals surface area contributed by atoms with E-state index >= 15 is 0 Å². The molecule has 1 saturated carbocycles. The highest BCUT2D eigenvalue weighted by Gasteiger charge is 2.23. The number of hydrogen-bond donors (Lipinski definition) is 1. The van der Waals surface area contributed by atoms with Gasteiger partial charge in [-0.05, 0) is 37.1 Å². The van der Waals surface area contributed by atoms with Gasteiger partial charge in [0.15, 0.2) is 0 Å². The molecule has 23 heavy (non-hydrogen) atoms. The zero-order chi connectivity index (χ0) is 15.6. The summed E-state index contributed by atoms with van der Waals surface area (Å²) in [5, 5.41) is 2.94. The van der Waals surface area contributed by atoms with Crippen molar-refractivity contribution >= 4 is 22.9 Å². The molecule has 1 fully saturated rings. The molecule has 5 nitrogen and oxygen atoms in total. The number of imidazole rings is 1. The maximum Gasteiger partial charge on any atom is 0.276 e. The minimum Gasteiger partial charge on any atom is -0.307 e. The Morgan fingerprint density at radius 3 is 2.65 bits per heavy atom. The number of rotatable bonds is 3. The first kappa shape index (κ1) is 13.9. The van der Waals surface area contributed by atoms with Gasteiger partial charge in [-0.15, -0.1) is 0 Å². The van der Waals surface area contributed by atoms with Crippen LogP contribution in [0.3, 0.4) is 0 Å². The van der Waals surface area contributed by atoms with E-state index in [1.165, 1.54) is 12.8 Å². The molecule has 2 aromatic heterocycles. The number of hydrogen-bond acceptors (Lipinski definition) is 3. The summed E-state index contributed by atoms with van der Waals surface area (Å²) in [5.41, 5.74) is 2.39. The fraction of sp³-hybridized carbons (Fsp3) is 0.278. The van der Waals surface area contributed by atoms with Crippen molar-refractivity contribution < 1.29 is 4.79 Å². The van der Waals surface area contributed by atoms with E-state index in [0.717, 1.165) is 23.9 Å². The summed E-state index contributed by atoms with van der Waals surface area (Å²) in [5.74, 6) is 0.397. The lowest BCUT2D eigenvalue weighted by molar-refractivity contribution is 0.102. The maximum atomic E-state index is 12.4. The Bertz CT molecular complexity index is 835. The number of carbonyl (C=O) groups excluding carboxylic acids is 1. The molecule has 0 atom stereocenters. The molecule has 0 radical (unpaired) electrons. The van der Waals surface area contributed by atoms with Crippen LogP contribution in [0.25, 0.3) is 11.0 Å². The molecule has 4 rings (SSSR count). The Hall–Kier alpha value is -2.69. The van der Waals surface area contributed by atoms with Gasteiger partial charge in [-0.2, -0.15) is 0 Å². The second-order valence-corrected chi connectivity index (χ2v) is 5.90. The second-order valence-electron chi connectivity index (χ2n) is 5.90. The van der Waals surface area contributed by atoms with Gasteiger partial charge in [-0.3, -0.25) is 15.1 Å². The minimum atomic E-state index is -0.222. The zero-order valence-corrected chi connectivity index (χ0v) is 12.8. The van der Waals surface area contributed by atoms with Crippen LogP contribution in [0.1, 0.15) is 42.2 Å². The smallest absolute Gasteiger partial charge is 0.276 e. The van der Waals surface area contributed by atoms with Gasteiger partial charge >= 0.3 is 0 Å². The number of anilines is 1. The first-order valence-electron chi connectivity index (χ1n) is 8.02. The van der Waals surface area contributed by atoms with Gasteiger partial charge in [0, 0.05) is 12.2 Å². The zero-order valence-electron chi connectivity index (χ0n) is 12.8. The number of aromatic nitrogens is 3. The van der Waals surface area contributed by atoms with Gasteiger partial charge < -0.3 is 4.57 Å². The third kappa shape index (κ3) is 2.59. The molecule has 0 saturated heterocycles. The van der Waals surface area contributed by atoms with Crippen molar-refractivity contribution in [2.75, 3.05) is 5.32 Å². The first-order chi connectivity index (χ1) is 11.3. The van der Waals surface area contributed by atoms with Crippen LogP contribution < -0.4 is 5.32 Å². The second kappa shape index (κ2) is 5.83. The molecule has 116 valence electrons. The van der Waals surface area contributed by atoms with Crippen molar-refractivity contribution in [3.63, 3.8) is 0 Å². The molecule has 0 aliphatic heterocycles. The summed E-state index contributed by atoms with van der Waals surface area (Å²) in [6.45, 7) is 0. The number of para-hydroxylation sites is 2. The molecule has 5 heteroatoms. The Kier molecular flexibility index (Phi) is 3.54. The molecular weight excluding hydrogens is 288 g/mol. The summed E-state index contributed by atoms with van der Waals surface area (Å²) < 4.78 is 2.18. The minimum absolute atomic E-state index is 0.222. The molecule has 0 spiro atoms. The van der Waals surface area contributed by atoms with Gasteiger partial charge in [-0.1, -0.05) is 31.0 Å². The molecular formula is C18H18N4O. The van der Waals surface area contributed by atoms with E-state index in [0.29, 0.717) is 17.7 Å². The molecule has 1 N–H and O–H groups in total. The van der Waals surface area contributed by atoms with E-state index < -0.39 is 0 Å². The molecule has 3 aromatic rings. The average molecular weight is 306 g/mol. The van der Waals surface area contributed by atoms with Gasteiger partial charge in [-0.25, -0.2) is 4.98 Å². The number of amides is 1. The van der Waals surface area contributed by atoms with Crippen molar-refractivity contribution in [1.82, 2.24) is 14.5 Å². The summed E-state index contributed by atoms with van der Waals surface area (Å²) in [4.78, 5) is 21.2. The highest BCUT2D eigenvalue weighted by molar-refractivity contribution is 6.02. The molecule has 1 aliphatic carbocycles. The maximum absolute atomic E-state index is 12.4. The molecule has 1 aliphatic rings. The van der Waals surface area contributed by atoms with Crippen molar-refractivity contribution in [1.29, 1.82) is 0 Å². The summed E-state index contributed by atoms with van der Waals surface area (Å²) in [6, 6.07) is 13.7. The monoisotopic (exact) mass is 306 g/mol. The highest BCUT2D eigenvalue weighted by Crippen LogP contribution is 2.35.